The fourth-order valence-electron chi connectivity index (χ4n) is 4.96. The first kappa shape index (κ1) is 26.2. The van der Waals surface area contributed by atoms with E-state index in [1.54, 1.807) is 19.2 Å². The smallest absolute Gasteiger partial charge is 0.435 e. The Labute approximate surface area is 199 Å². The number of sulfone groups is 1. The highest BCUT2D eigenvalue weighted by Gasteiger charge is 2.73. The number of rotatable bonds is 3. The number of alkyl halides is 7. The fourth-order valence-corrected chi connectivity index (χ4v) is 7.46. The van der Waals surface area contributed by atoms with E-state index in [0.29, 0.717) is 18.7 Å². The van der Waals surface area contributed by atoms with Gasteiger partial charge in [-0.25, -0.2) is 12.8 Å². The number of ether oxygens (including phenoxy) is 1. The van der Waals surface area contributed by atoms with Gasteiger partial charge in [-0.15, -0.1) is 9.24 Å². The molecule has 2 aliphatic rings. The second kappa shape index (κ2) is 8.31. The topological polar surface area (TPSA) is 46.6 Å². The van der Waals surface area contributed by atoms with Gasteiger partial charge in [-0.05, 0) is 43.5 Å². The monoisotopic (exact) mass is 543 g/mol. The zero-order valence-electron chi connectivity index (χ0n) is 18.3. The lowest BCUT2D eigenvalue weighted by atomic mass is 9.77. The molecule has 13 heteroatoms. The number of halogens is 7. The lowest BCUT2D eigenvalue weighted by molar-refractivity contribution is -0.348. The van der Waals surface area contributed by atoms with Crippen molar-refractivity contribution in [1.29, 1.82) is 0 Å². The van der Waals surface area contributed by atoms with Crippen LogP contribution >= 0.6 is 9.24 Å². The van der Waals surface area contributed by atoms with Gasteiger partial charge >= 0.3 is 18.0 Å². The lowest BCUT2D eigenvalue weighted by Gasteiger charge is -2.49. The van der Waals surface area contributed by atoms with E-state index in [0.717, 1.165) is 11.4 Å². The summed E-state index contributed by atoms with van der Waals surface area (Å²) in [7, 11) is -0.0147. The van der Waals surface area contributed by atoms with Gasteiger partial charge in [-0.1, -0.05) is 24.3 Å². The number of hydrogen-bond acceptors (Lipinski definition) is 4. The maximum absolute atomic E-state index is 14.7. The molecule has 3 unspecified atom stereocenters. The van der Waals surface area contributed by atoms with Crippen molar-refractivity contribution < 1.29 is 43.9 Å². The highest BCUT2D eigenvalue weighted by atomic mass is 32.2. The van der Waals surface area contributed by atoms with Crippen LogP contribution in [-0.2, 0) is 20.3 Å². The van der Waals surface area contributed by atoms with Crippen LogP contribution in [0.15, 0.2) is 47.4 Å². The first-order valence-corrected chi connectivity index (χ1v) is 12.5. The largest absolute Gasteiger partial charge is 0.493 e. The van der Waals surface area contributed by atoms with Crippen molar-refractivity contribution in [3.05, 3.63) is 53.6 Å². The van der Waals surface area contributed by atoms with Crippen LogP contribution in [0.25, 0.3) is 0 Å². The predicted octanol–water partition coefficient (Wildman–Crippen LogP) is 4.49. The van der Waals surface area contributed by atoms with E-state index in [1.165, 1.54) is 12.1 Å². The molecule has 3 atom stereocenters. The highest BCUT2D eigenvalue weighted by Crippen LogP contribution is 2.57. The van der Waals surface area contributed by atoms with Crippen LogP contribution in [0.2, 0.25) is 0 Å². The predicted molar refractivity (Wildman–Crippen MR) is 117 cm³/mol. The summed E-state index contributed by atoms with van der Waals surface area (Å²) in [5.41, 5.74) is -7.45. The Hall–Kier alpha value is -1.91. The van der Waals surface area contributed by atoms with Crippen LogP contribution in [0.5, 0.6) is 5.75 Å². The maximum atomic E-state index is 14.7. The van der Waals surface area contributed by atoms with E-state index in [-0.39, 0.29) is 30.0 Å². The van der Waals surface area contributed by atoms with E-state index < -0.39 is 49.8 Å². The molecular formula is C22H21F7NO3PS. The number of piperidine rings is 1. The molecule has 4 nitrogen and oxygen atoms in total. The Bertz CT molecular complexity index is 1220. The van der Waals surface area contributed by atoms with Gasteiger partial charge in [0.05, 0.1) is 11.5 Å². The van der Waals surface area contributed by atoms with Gasteiger partial charge < -0.3 is 9.64 Å². The minimum Gasteiger partial charge on any atom is -0.493 e. The number of hydrogen-bond donors (Lipinski definition) is 0. The summed E-state index contributed by atoms with van der Waals surface area (Å²) in [5.74, 6) is -1.18. The third kappa shape index (κ3) is 3.83. The molecule has 2 heterocycles. The van der Waals surface area contributed by atoms with E-state index in [2.05, 4.69) is 9.24 Å². The summed E-state index contributed by atoms with van der Waals surface area (Å²) in [6, 6.07) is 7.42. The molecule has 192 valence electrons. The van der Waals surface area contributed by atoms with E-state index in [9.17, 15) is 39.2 Å². The van der Waals surface area contributed by atoms with Gasteiger partial charge in [0.1, 0.15) is 10.5 Å². The molecule has 1 fully saturated rings. The molecule has 2 aliphatic heterocycles. The number of likely N-dealkylation sites (tertiary alicyclic amines) is 1. The Morgan fingerprint density at radius 2 is 1.60 bits per heavy atom. The maximum Gasteiger partial charge on any atom is 0.435 e. The molecule has 0 aromatic heterocycles. The van der Waals surface area contributed by atoms with Gasteiger partial charge in [0.25, 0.3) is 0 Å². The molecule has 0 aliphatic carbocycles. The standard InChI is InChI=1S/C22H21F7NO3PS/c1-30-9-8-19(35(31,32)16-5-3-15(34)4-6-16)14(11-30)12-33-18-10-13(2-7-17(18)19)20(23,21(24,25)26)22(27,28)29/h2-7,10,14H,8-9,11-12,34H2,1H3. The molecule has 2 aromatic carbocycles. The normalized spacial score (nSPS) is 23.9. The van der Waals surface area contributed by atoms with Crippen LogP contribution in [-0.4, -0.2) is 52.4 Å². The molecule has 4 rings (SSSR count). The number of benzene rings is 2. The van der Waals surface area contributed by atoms with Gasteiger partial charge in [-0.2, -0.15) is 26.3 Å². The summed E-state index contributed by atoms with van der Waals surface area (Å²) in [6.45, 7) is 0.288. The second-order valence-electron chi connectivity index (χ2n) is 8.85. The van der Waals surface area contributed by atoms with Crippen LogP contribution in [0.1, 0.15) is 17.5 Å². The van der Waals surface area contributed by atoms with Crippen molar-refractivity contribution >= 4 is 24.4 Å². The molecule has 0 saturated carbocycles. The fraction of sp³-hybridized carbons (Fsp3) is 0.455. The first-order valence-electron chi connectivity index (χ1n) is 10.4. The Morgan fingerprint density at radius 1 is 1.00 bits per heavy atom. The van der Waals surface area contributed by atoms with E-state index in [1.807, 2.05) is 4.90 Å². The lowest BCUT2D eigenvalue weighted by Crippen LogP contribution is -2.57. The van der Waals surface area contributed by atoms with Crippen molar-refractivity contribution in [2.24, 2.45) is 5.92 Å². The molecule has 2 aromatic rings. The Kier molecular flexibility index (Phi) is 6.21. The van der Waals surface area contributed by atoms with Crippen molar-refractivity contribution in [1.82, 2.24) is 4.90 Å². The van der Waals surface area contributed by atoms with Crippen LogP contribution in [0.4, 0.5) is 30.7 Å². The molecule has 0 spiro atoms. The minimum atomic E-state index is -6.30. The molecule has 1 saturated heterocycles. The molecule has 0 bridgehead atoms. The average Bonchev–Trinajstić information content (AvgIpc) is 2.76. The second-order valence-corrected chi connectivity index (χ2v) is 11.7. The van der Waals surface area contributed by atoms with E-state index in [4.69, 9.17) is 4.74 Å². The zero-order valence-corrected chi connectivity index (χ0v) is 20.2. The summed E-state index contributed by atoms with van der Waals surface area (Å²) in [6.07, 6.45) is -12.6. The minimum absolute atomic E-state index is 0.0220. The van der Waals surface area contributed by atoms with Crippen LogP contribution in [0.3, 0.4) is 0 Å². The SMILES string of the molecule is CN1CCC2(S(=O)(=O)c3ccc(P)cc3)c3ccc(C(F)(C(F)(F)F)C(F)(F)F)cc3OCC2C1. The van der Waals surface area contributed by atoms with Crippen molar-refractivity contribution in [2.45, 2.75) is 34.1 Å². The third-order valence-corrected chi connectivity index (χ3v) is 9.78. The number of nitrogens with zero attached hydrogens (tertiary/aromatic N) is 1. The third-order valence-electron chi connectivity index (χ3n) is 6.78. The Balaban J connectivity index is 1.94. The average molecular weight is 543 g/mol. The number of fused-ring (bicyclic) bond motifs is 3. The van der Waals surface area contributed by atoms with Crippen LogP contribution < -0.4 is 10.0 Å². The molecule has 0 amide bonds. The summed E-state index contributed by atoms with van der Waals surface area (Å²) in [5, 5.41) is 0.719. The van der Waals surface area contributed by atoms with Gasteiger partial charge in [0.15, 0.2) is 9.84 Å². The molecule has 35 heavy (non-hydrogen) atoms. The van der Waals surface area contributed by atoms with Crippen molar-refractivity contribution in [3.63, 3.8) is 0 Å². The summed E-state index contributed by atoms with van der Waals surface area (Å²) >= 11 is 0. The van der Waals surface area contributed by atoms with Crippen molar-refractivity contribution in [3.8, 4) is 5.75 Å². The summed E-state index contributed by atoms with van der Waals surface area (Å²) < 4.78 is 126. The molecular weight excluding hydrogens is 522 g/mol. The van der Waals surface area contributed by atoms with Gasteiger partial charge in [0, 0.05) is 23.6 Å². The Morgan fingerprint density at radius 3 is 2.17 bits per heavy atom. The van der Waals surface area contributed by atoms with Gasteiger partial charge in [0.2, 0.25) is 0 Å². The zero-order chi connectivity index (χ0) is 26.0. The quantitative estimate of drug-likeness (QED) is 0.423. The molecule has 0 N–H and O–H groups in total. The highest BCUT2D eigenvalue weighted by molar-refractivity contribution is 7.92. The van der Waals surface area contributed by atoms with E-state index >= 15 is 0 Å². The first-order chi connectivity index (χ1) is 16.1. The summed E-state index contributed by atoms with van der Waals surface area (Å²) in [4.78, 5) is 1.83. The van der Waals surface area contributed by atoms with Crippen molar-refractivity contribution in [2.75, 3.05) is 26.7 Å². The van der Waals surface area contributed by atoms with Gasteiger partial charge in [-0.3, -0.25) is 0 Å². The molecule has 0 radical (unpaired) electrons. The van der Waals surface area contributed by atoms with Crippen LogP contribution in [0, 0.1) is 5.92 Å².